The van der Waals surface area contributed by atoms with Crippen LogP contribution in [0.3, 0.4) is 0 Å². The lowest BCUT2D eigenvalue weighted by molar-refractivity contribution is -0.131. The number of piperidine rings is 1. The van der Waals surface area contributed by atoms with Gasteiger partial charge in [-0.15, -0.1) is 5.10 Å². The molecule has 2 heterocycles. The molecule has 140 valence electrons. The van der Waals surface area contributed by atoms with Gasteiger partial charge in [0, 0.05) is 12.6 Å². The molecule has 1 aliphatic rings. The number of aryl methyl sites for hydroxylation is 1. The molecular weight excluding hydrogens is 346 g/mol. The Labute approximate surface area is 159 Å². The van der Waals surface area contributed by atoms with Crippen LogP contribution in [0.2, 0.25) is 0 Å². The van der Waals surface area contributed by atoms with Gasteiger partial charge in [-0.25, -0.2) is 0 Å². The highest BCUT2D eigenvalue weighted by Crippen LogP contribution is 2.22. The number of nitrogens with zero attached hydrogens (tertiary/aromatic N) is 5. The molecule has 3 rings (SSSR count). The summed E-state index contributed by atoms with van der Waals surface area (Å²) in [5.41, 5.74) is 2.25. The van der Waals surface area contributed by atoms with Gasteiger partial charge in [-0.2, -0.15) is 4.68 Å². The number of amides is 1. The number of unbranched alkanes of at least 4 members (excludes halogenated alkanes) is 1. The number of aromatic nitrogens is 4. The standard InChI is InChI=1S/C19H27N5OS/c1-3-4-8-16-9-11-17(12-10-16)24-19(20-21-22-24)26-14-18(25)23-13-6-5-7-15(23)2/h9-12,15H,3-8,13-14H2,1-2H3. The van der Waals surface area contributed by atoms with Gasteiger partial charge in [-0.05, 0) is 67.2 Å². The van der Waals surface area contributed by atoms with E-state index in [1.165, 1.54) is 36.6 Å². The number of hydrogen-bond donors (Lipinski definition) is 0. The summed E-state index contributed by atoms with van der Waals surface area (Å²) < 4.78 is 1.71. The van der Waals surface area contributed by atoms with E-state index < -0.39 is 0 Å². The minimum absolute atomic E-state index is 0.173. The first-order valence-corrected chi connectivity index (χ1v) is 10.5. The monoisotopic (exact) mass is 373 g/mol. The van der Waals surface area contributed by atoms with Crippen molar-refractivity contribution in [1.82, 2.24) is 25.1 Å². The zero-order chi connectivity index (χ0) is 18.4. The van der Waals surface area contributed by atoms with E-state index in [4.69, 9.17) is 0 Å². The van der Waals surface area contributed by atoms with Crippen molar-refractivity contribution in [3.05, 3.63) is 29.8 Å². The van der Waals surface area contributed by atoms with E-state index in [1.54, 1.807) is 4.68 Å². The summed E-state index contributed by atoms with van der Waals surface area (Å²) in [6.07, 6.45) is 6.89. The third-order valence-electron chi connectivity index (χ3n) is 4.89. The van der Waals surface area contributed by atoms with Gasteiger partial charge in [0.15, 0.2) is 0 Å². The predicted octanol–water partition coefficient (Wildman–Crippen LogP) is 3.50. The normalized spacial score (nSPS) is 17.5. The summed E-state index contributed by atoms with van der Waals surface area (Å²) >= 11 is 1.41. The molecule has 1 aromatic heterocycles. The number of carbonyl (C=O) groups is 1. The third-order valence-corrected chi connectivity index (χ3v) is 5.79. The van der Waals surface area contributed by atoms with Gasteiger partial charge in [-0.3, -0.25) is 4.79 Å². The lowest BCUT2D eigenvalue weighted by Crippen LogP contribution is -2.42. The second-order valence-electron chi connectivity index (χ2n) is 6.86. The minimum atomic E-state index is 0.173. The molecule has 1 aliphatic heterocycles. The fourth-order valence-electron chi connectivity index (χ4n) is 3.29. The molecule has 7 heteroatoms. The van der Waals surface area contributed by atoms with Crippen molar-refractivity contribution < 1.29 is 4.79 Å². The van der Waals surface area contributed by atoms with Crippen LogP contribution in [0, 0.1) is 0 Å². The van der Waals surface area contributed by atoms with E-state index in [9.17, 15) is 4.79 Å². The van der Waals surface area contributed by atoms with Gasteiger partial charge in [0.1, 0.15) is 0 Å². The van der Waals surface area contributed by atoms with E-state index in [0.717, 1.165) is 31.5 Å². The molecule has 6 nitrogen and oxygen atoms in total. The minimum Gasteiger partial charge on any atom is -0.339 e. The highest BCUT2D eigenvalue weighted by molar-refractivity contribution is 7.99. The van der Waals surface area contributed by atoms with Crippen molar-refractivity contribution in [2.24, 2.45) is 0 Å². The van der Waals surface area contributed by atoms with Crippen LogP contribution < -0.4 is 0 Å². The van der Waals surface area contributed by atoms with Crippen LogP contribution in [0.15, 0.2) is 29.4 Å². The fraction of sp³-hybridized carbons (Fsp3) is 0.579. The molecule has 0 spiro atoms. The molecular formula is C19H27N5OS. The molecule has 1 amide bonds. The van der Waals surface area contributed by atoms with Crippen LogP contribution in [0.1, 0.15) is 51.5 Å². The average Bonchev–Trinajstić information content (AvgIpc) is 3.14. The maximum absolute atomic E-state index is 12.5. The van der Waals surface area contributed by atoms with E-state index >= 15 is 0 Å². The zero-order valence-corrected chi connectivity index (χ0v) is 16.4. The van der Waals surface area contributed by atoms with Crippen molar-refractivity contribution in [2.75, 3.05) is 12.3 Å². The predicted molar refractivity (Wildman–Crippen MR) is 104 cm³/mol. The van der Waals surface area contributed by atoms with E-state index in [1.807, 2.05) is 17.0 Å². The summed E-state index contributed by atoms with van der Waals surface area (Å²) in [5, 5.41) is 12.6. The van der Waals surface area contributed by atoms with Gasteiger partial charge in [0.05, 0.1) is 11.4 Å². The molecule has 0 N–H and O–H groups in total. The van der Waals surface area contributed by atoms with Crippen LogP contribution in [0.25, 0.3) is 5.69 Å². The first-order chi connectivity index (χ1) is 12.7. The molecule has 1 fully saturated rings. The Morgan fingerprint density at radius 3 is 2.81 bits per heavy atom. The van der Waals surface area contributed by atoms with E-state index in [2.05, 4.69) is 41.5 Å². The van der Waals surface area contributed by atoms with Crippen LogP contribution in [0.4, 0.5) is 0 Å². The molecule has 0 saturated carbocycles. The van der Waals surface area contributed by atoms with Gasteiger partial charge < -0.3 is 4.90 Å². The Balaban J connectivity index is 1.62. The van der Waals surface area contributed by atoms with Crippen LogP contribution in [-0.4, -0.2) is 49.4 Å². The van der Waals surface area contributed by atoms with Gasteiger partial charge in [0.25, 0.3) is 0 Å². The molecule has 2 aromatic rings. The molecule has 1 unspecified atom stereocenters. The van der Waals surface area contributed by atoms with Crippen molar-refractivity contribution in [2.45, 2.75) is 63.6 Å². The number of hydrogen-bond acceptors (Lipinski definition) is 5. The number of rotatable bonds is 7. The number of tetrazole rings is 1. The molecule has 1 aromatic carbocycles. The number of carbonyl (C=O) groups excluding carboxylic acids is 1. The highest BCUT2D eigenvalue weighted by atomic mass is 32.2. The Bertz CT molecular complexity index is 715. The maximum atomic E-state index is 12.5. The SMILES string of the molecule is CCCCc1ccc(-n2nnnc2SCC(=O)N2CCCCC2C)cc1. The van der Waals surface area contributed by atoms with Crippen LogP contribution in [0.5, 0.6) is 0 Å². The summed E-state index contributed by atoms with van der Waals surface area (Å²) in [4.78, 5) is 14.5. The van der Waals surface area contributed by atoms with Crippen LogP contribution in [-0.2, 0) is 11.2 Å². The Morgan fingerprint density at radius 1 is 1.27 bits per heavy atom. The summed E-state index contributed by atoms with van der Waals surface area (Å²) in [6.45, 7) is 5.20. The molecule has 0 aliphatic carbocycles. The maximum Gasteiger partial charge on any atom is 0.233 e. The van der Waals surface area contributed by atoms with E-state index in [-0.39, 0.29) is 5.91 Å². The Hall–Kier alpha value is -1.89. The summed E-state index contributed by atoms with van der Waals surface area (Å²) in [5.74, 6) is 0.547. The Kier molecular flexibility index (Phi) is 6.66. The topological polar surface area (TPSA) is 63.9 Å². The largest absolute Gasteiger partial charge is 0.339 e. The molecule has 26 heavy (non-hydrogen) atoms. The first kappa shape index (κ1) is 18.9. The van der Waals surface area contributed by atoms with Gasteiger partial charge in [-0.1, -0.05) is 37.2 Å². The van der Waals surface area contributed by atoms with E-state index in [0.29, 0.717) is 17.0 Å². The number of likely N-dealkylation sites (tertiary alicyclic amines) is 1. The number of thioether (sulfide) groups is 1. The molecule has 0 radical (unpaired) electrons. The first-order valence-electron chi connectivity index (χ1n) is 9.49. The van der Waals surface area contributed by atoms with Crippen molar-refractivity contribution >= 4 is 17.7 Å². The molecule has 1 saturated heterocycles. The Morgan fingerprint density at radius 2 is 2.08 bits per heavy atom. The van der Waals surface area contributed by atoms with Crippen molar-refractivity contribution in [3.63, 3.8) is 0 Å². The molecule has 0 bridgehead atoms. The van der Waals surface area contributed by atoms with Gasteiger partial charge in [0.2, 0.25) is 11.1 Å². The number of benzene rings is 1. The van der Waals surface area contributed by atoms with Crippen molar-refractivity contribution in [3.8, 4) is 5.69 Å². The quantitative estimate of drug-likeness (QED) is 0.695. The van der Waals surface area contributed by atoms with Crippen molar-refractivity contribution in [1.29, 1.82) is 0 Å². The van der Waals surface area contributed by atoms with Gasteiger partial charge >= 0.3 is 0 Å². The second kappa shape index (κ2) is 9.16. The highest BCUT2D eigenvalue weighted by Gasteiger charge is 2.23. The lowest BCUT2D eigenvalue weighted by atomic mass is 10.0. The average molecular weight is 374 g/mol. The summed E-state index contributed by atoms with van der Waals surface area (Å²) in [7, 11) is 0. The molecule has 1 atom stereocenters. The third kappa shape index (κ3) is 4.63. The zero-order valence-electron chi connectivity index (χ0n) is 15.6. The smallest absolute Gasteiger partial charge is 0.233 e. The second-order valence-corrected chi connectivity index (χ2v) is 7.81. The van der Waals surface area contributed by atoms with Crippen LogP contribution >= 0.6 is 11.8 Å². The fourth-order valence-corrected chi connectivity index (χ4v) is 4.07. The summed E-state index contributed by atoms with van der Waals surface area (Å²) in [6, 6.07) is 8.67. The lowest BCUT2D eigenvalue weighted by Gasteiger charge is -2.33.